The van der Waals surface area contributed by atoms with E-state index in [0.29, 0.717) is 29.6 Å². The second-order valence-electron chi connectivity index (χ2n) is 5.36. The van der Waals surface area contributed by atoms with Gasteiger partial charge in [0.2, 0.25) is 10.0 Å². The zero-order chi connectivity index (χ0) is 17.7. The summed E-state index contributed by atoms with van der Waals surface area (Å²) in [5.74, 6) is 0.615. The van der Waals surface area contributed by atoms with Gasteiger partial charge in [-0.05, 0) is 42.8 Å². The molecule has 0 amide bonds. The highest BCUT2D eigenvalue weighted by Crippen LogP contribution is 2.29. The van der Waals surface area contributed by atoms with Gasteiger partial charge in [0.15, 0.2) is 0 Å². The minimum Gasteiger partial charge on any atom is -0.492 e. The number of hydrogen-bond acceptors (Lipinski definition) is 4. The zero-order valence-electron chi connectivity index (χ0n) is 13.9. The first-order valence-electron chi connectivity index (χ1n) is 7.52. The molecule has 7 heteroatoms. The van der Waals surface area contributed by atoms with Gasteiger partial charge in [0.25, 0.3) is 0 Å². The lowest BCUT2D eigenvalue weighted by atomic mass is 10.2. The molecule has 0 aliphatic heterocycles. The molecule has 24 heavy (non-hydrogen) atoms. The summed E-state index contributed by atoms with van der Waals surface area (Å²) in [4.78, 5) is 0.217. The summed E-state index contributed by atoms with van der Waals surface area (Å²) >= 11 is 5.88. The summed E-state index contributed by atoms with van der Waals surface area (Å²) in [7, 11) is -0.486. The predicted octanol–water partition coefficient (Wildman–Crippen LogP) is 3.60. The van der Waals surface area contributed by atoms with Crippen LogP contribution in [0.2, 0.25) is 5.02 Å². The number of hydrogen-bond donors (Lipinski definition) is 1. The van der Waals surface area contributed by atoms with Gasteiger partial charge in [-0.2, -0.15) is 0 Å². The molecule has 2 rings (SSSR count). The molecule has 5 nitrogen and oxygen atoms in total. The molecule has 0 saturated carbocycles. The van der Waals surface area contributed by atoms with Crippen molar-refractivity contribution in [2.75, 3.05) is 26.0 Å². The molecule has 0 spiro atoms. The van der Waals surface area contributed by atoms with Gasteiger partial charge in [-0.25, -0.2) is 12.7 Å². The highest BCUT2D eigenvalue weighted by atomic mass is 35.5. The molecule has 0 aliphatic rings. The Balaban J connectivity index is 2.29. The van der Waals surface area contributed by atoms with Crippen LogP contribution in [0.15, 0.2) is 47.4 Å². The van der Waals surface area contributed by atoms with Gasteiger partial charge in [0.1, 0.15) is 5.75 Å². The molecule has 0 bridgehead atoms. The van der Waals surface area contributed by atoms with E-state index in [0.717, 1.165) is 5.56 Å². The SMILES string of the molecule is CCOc1ccc(S(=O)(=O)N(C)C)cc1NCc1ccc(Cl)cc1. The summed E-state index contributed by atoms with van der Waals surface area (Å²) in [6.45, 7) is 2.91. The summed E-state index contributed by atoms with van der Waals surface area (Å²) in [6, 6.07) is 12.3. The van der Waals surface area contributed by atoms with Crippen molar-refractivity contribution < 1.29 is 13.2 Å². The van der Waals surface area contributed by atoms with Crippen LogP contribution in [0, 0.1) is 0 Å². The van der Waals surface area contributed by atoms with Gasteiger partial charge >= 0.3 is 0 Å². The molecule has 0 radical (unpaired) electrons. The van der Waals surface area contributed by atoms with Crippen LogP contribution in [-0.4, -0.2) is 33.4 Å². The maximum absolute atomic E-state index is 12.3. The van der Waals surface area contributed by atoms with Gasteiger partial charge < -0.3 is 10.1 Å². The monoisotopic (exact) mass is 368 g/mol. The van der Waals surface area contributed by atoms with Crippen molar-refractivity contribution in [3.63, 3.8) is 0 Å². The van der Waals surface area contributed by atoms with Crippen LogP contribution >= 0.6 is 11.6 Å². The van der Waals surface area contributed by atoms with Crippen LogP contribution in [0.25, 0.3) is 0 Å². The normalized spacial score (nSPS) is 11.5. The molecule has 0 atom stereocenters. The van der Waals surface area contributed by atoms with Crippen LogP contribution < -0.4 is 10.1 Å². The molecule has 1 N–H and O–H groups in total. The predicted molar refractivity (Wildman–Crippen MR) is 97.3 cm³/mol. The number of nitrogens with one attached hydrogen (secondary N) is 1. The molecule has 2 aromatic carbocycles. The molecule has 0 saturated heterocycles. The number of benzene rings is 2. The lowest BCUT2D eigenvalue weighted by Crippen LogP contribution is -2.22. The molecular formula is C17H21ClN2O3S. The topological polar surface area (TPSA) is 58.6 Å². The highest BCUT2D eigenvalue weighted by Gasteiger charge is 2.19. The van der Waals surface area contributed by atoms with Crippen LogP contribution in [0.4, 0.5) is 5.69 Å². The molecule has 0 aromatic heterocycles. The largest absolute Gasteiger partial charge is 0.492 e. The fourth-order valence-electron chi connectivity index (χ4n) is 2.10. The lowest BCUT2D eigenvalue weighted by Gasteiger charge is -2.16. The van der Waals surface area contributed by atoms with E-state index in [9.17, 15) is 8.42 Å². The fourth-order valence-corrected chi connectivity index (χ4v) is 3.15. The molecule has 0 aliphatic carbocycles. The number of rotatable bonds is 7. The van der Waals surface area contributed by atoms with E-state index in [2.05, 4.69) is 5.32 Å². The third-order valence-electron chi connectivity index (χ3n) is 3.43. The fraction of sp³-hybridized carbons (Fsp3) is 0.294. The van der Waals surface area contributed by atoms with Crippen LogP contribution in [0.5, 0.6) is 5.75 Å². The average Bonchev–Trinajstić information content (AvgIpc) is 2.55. The van der Waals surface area contributed by atoms with E-state index in [-0.39, 0.29) is 4.90 Å². The first-order chi connectivity index (χ1) is 11.3. The Kier molecular flexibility index (Phi) is 6.10. The Morgan fingerprint density at radius 3 is 2.38 bits per heavy atom. The zero-order valence-corrected chi connectivity index (χ0v) is 15.5. The molecule has 130 valence electrons. The molecule has 0 heterocycles. The Morgan fingerprint density at radius 1 is 1.12 bits per heavy atom. The minimum absolute atomic E-state index is 0.217. The van der Waals surface area contributed by atoms with E-state index in [1.165, 1.54) is 18.4 Å². The van der Waals surface area contributed by atoms with E-state index in [4.69, 9.17) is 16.3 Å². The van der Waals surface area contributed by atoms with Crippen molar-refractivity contribution in [1.29, 1.82) is 0 Å². The molecule has 0 fully saturated rings. The Labute approximate surface area is 148 Å². The van der Waals surface area contributed by atoms with Gasteiger partial charge in [-0.3, -0.25) is 0 Å². The maximum atomic E-state index is 12.3. The van der Waals surface area contributed by atoms with Crippen molar-refractivity contribution in [2.24, 2.45) is 0 Å². The Morgan fingerprint density at radius 2 is 1.79 bits per heavy atom. The Hall–Kier alpha value is -1.76. The minimum atomic E-state index is -3.50. The highest BCUT2D eigenvalue weighted by molar-refractivity contribution is 7.89. The van der Waals surface area contributed by atoms with E-state index < -0.39 is 10.0 Å². The van der Waals surface area contributed by atoms with Crippen molar-refractivity contribution >= 4 is 27.3 Å². The number of halogens is 1. The van der Waals surface area contributed by atoms with Gasteiger partial charge in [0, 0.05) is 25.7 Å². The summed E-state index contributed by atoms with van der Waals surface area (Å²) in [5.41, 5.74) is 1.66. The summed E-state index contributed by atoms with van der Waals surface area (Å²) in [5, 5.41) is 3.91. The number of ether oxygens (including phenoxy) is 1. The maximum Gasteiger partial charge on any atom is 0.242 e. The smallest absolute Gasteiger partial charge is 0.242 e. The lowest BCUT2D eigenvalue weighted by molar-refractivity contribution is 0.341. The molecule has 2 aromatic rings. The van der Waals surface area contributed by atoms with Crippen molar-refractivity contribution in [2.45, 2.75) is 18.4 Å². The third kappa shape index (κ3) is 4.41. The summed E-state index contributed by atoms with van der Waals surface area (Å²) in [6.07, 6.45) is 0. The van der Waals surface area contributed by atoms with Crippen LogP contribution in [0.3, 0.4) is 0 Å². The van der Waals surface area contributed by atoms with Gasteiger partial charge in [-0.15, -0.1) is 0 Å². The standard InChI is InChI=1S/C17H21ClN2O3S/c1-4-23-17-10-9-15(24(21,22)20(2)3)11-16(17)19-12-13-5-7-14(18)8-6-13/h5-11,19H,4,12H2,1-3H3. The van der Waals surface area contributed by atoms with E-state index in [1.54, 1.807) is 18.2 Å². The second-order valence-corrected chi connectivity index (χ2v) is 7.95. The van der Waals surface area contributed by atoms with Gasteiger partial charge in [-0.1, -0.05) is 23.7 Å². The number of anilines is 1. The van der Waals surface area contributed by atoms with E-state index >= 15 is 0 Å². The van der Waals surface area contributed by atoms with Crippen molar-refractivity contribution in [3.8, 4) is 5.75 Å². The summed E-state index contributed by atoms with van der Waals surface area (Å²) < 4.78 is 31.4. The number of sulfonamides is 1. The van der Waals surface area contributed by atoms with Gasteiger partial charge in [0.05, 0.1) is 17.2 Å². The number of nitrogens with zero attached hydrogens (tertiary/aromatic N) is 1. The van der Waals surface area contributed by atoms with Crippen molar-refractivity contribution in [1.82, 2.24) is 4.31 Å². The first kappa shape index (κ1) is 18.6. The first-order valence-corrected chi connectivity index (χ1v) is 9.34. The van der Waals surface area contributed by atoms with Crippen molar-refractivity contribution in [3.05, 3.63) is 53.1 Å². The molecular weight excluding hydrogens is 348 g/mol. The van der Waals surface area contributed by atoms with Crippen LogP contribution in [0.1, 0.15) is 12.5 Å². The molecule has 0 unspecified atom stereocenters. The quantitative estimate of drug-likeness (QED) is 0.811. The second kappa shape index (κ2) is 7.88. The van der Waals surface area contributed by atoms with Crippen LogP contribution in [-0.2, 0) is 16.6 Å². The Bertz CT molecular complexity index is 790. The average molecular weight is 369 g/mol. The van der Waals surface area contributed by atoms with E-state index in [1.807, 2.05) is 31.2 Å². The third-order valence-corrected chi connectivity index (χ3v) is 5.49.